The van der Waals surface area contributed by atoms with Gasteiger partial charge in [0.1, 0.15) is 0 Å². The van der Waals surface area contributed by atoms with Gasteiger partial charge in [-0.1, -0.05) is 15.9 Å². The van der Waals surface area contributed by atoms with Crippen LogP contribution >= 0.6 is 15.9 Å². The summed E-state index contributed by atoms with van der Waals surface area (Å²) in [6.45, 7) is 6.24. The quantitative estimate of drug-likeness (QED) is 0.496. The Morgan fingerprint density at radius 2 is 2.25 bits per heavy atom. The molecule has 1 aliphatic heterocycles. The summed E-state index contributed by atoms with van der Waals surface area (Å²) in [5.74, 6) is 0. The predicted octanol–water partition coefficient (Wildman–Crippen LogP) is 1.14. The molecule has 1 atom stereocenters. The Balaban J connectivity index is 1.95. The molecule has 0 N–H and O–H groups in total. The van der Waals surface area contributed by atoms with E-state index in [1.807, 2.05) is 0 Å². The van der Waals surface area contributed by atoms with Gasteiger partial charge in [-0.15, -0.1) is 0 Å². The van der Waals surface area contributed by atoms with Gasteiger partial charge >= 0.3 is 0 Å². The Morgan fingerprint density at radius 1 is 1.38 bits per heavy atom. The molecule has 0 bridgehead atoms. The van der Waals surface area contributed by atoms with Crippen molar-refractivity contribution in [1.82, 2.24) is 4.90 Å². The van der Waals surface area contributed by atoms with Gasteiger partial charge in [0.25, 0.3) is 0 Å². The largest absolute Gasteiger partial charge is 0.385 e. The molecule has 0 radical (unpaired) electrons. The molecule has 1 heterocycles. The Morgan fingerprint density at radius 3 is 3.00 bits per heavy atom. The SMILES string of the molecule is COCCCOCCN1CCOC(CBr)C1. The summed E-state index contributed by atoms with van der Waals surface area (Å²) in [6.07, 6.45) is 1.31. The number of hydrogen-bond donors (Lipinski definition) is 0. The Hall–Kier alpha value is 0.320. The van der Waals surface area contributed by atoms with Crippen molar-refractivity contribution < 1.29 is 14.2 Å². The van der Waals surface area contributed by atoms with E-state index in [9.17, 15) is 0 Å². The molecule has 96 valence electrons. The van der Waals surface area contributed by atoms with Crippen LogP contribution in [0.4, 0.5) is 0 Å². The number of morpholine rings is 1. The van der Waals surface area contributed by atoms with Crippen molar-refractivity contribution >= 4 is 15.9 Å². The van der Waals surface area contributed by atoms with Crippen LogP contribution < -0.4 is 0 Å². The summed E-state index contributed by atoms with van der Waals surface area (Å²) in [7, 11) is 1.72. The molecule has 1 saturated heterocycles. The van der Waals surface area contributed by atoms with Crippen molar-refractivity contribution in [3.63, 3.8) is 0 Å². The number of nitrogens with zero attached hydrogens (tertiary/aromatic N) is 1. The van der Waals surface area contributed by atoms with E-state index < -0.39 is 0 Å². The smallest absolute Gasteiger partial charge is 0.0799 e. The van der Waals surface area contributed by atoms with Gasteiger partial charge in [-0.2, -0.15) is 0 Å². The molecule has 0 spiro atoms. The van der Waals surface area contributed by atoms with E-state index in [0.29, 0.717) is 6.10 Å². The van der Waals surface area contributed by atoms with Gasteiger partial charge in [0.05, 0.1) is 19.3 Å². The maximum atomic E-state index is 5.57. The first-order valence-electron chi connectivity index (χ1n) is 5.83. The third-order valence-electron chi connectivity index (χ3n) is 2.58. The lowest BCUT2D eigenvalue weighted by Crippen LogP contribution is -2.44. The second-order valence-electron chi connectivity index (χ2n) is 3.91. The van der Waals surface area contributed by atoms with Crippen molar-refractivity contribution in [3.05, 3.63) is 0 Å². The van der Waals surface area contributed by atoms with Crippen molar-refractivity contribution in [3.8, 4) is 0 Å². The fourth-order valence-corrected chi connectivity index (χ4v) is 2.07. The molecule has 0 aromatic heterocycles. The minimum absolute atomic E-state index is 0.335. The van der Waals surface area contributed by atoms with E-state index >= 15 is 0 Å². The van der Waals surface area contributed by atoms with Crippen LogP contribution in [0.5, 0.6) is 0 Å². The Kier molecular flexibility index (Phi) is 8.41. The van der Waals surface area contributed by atoms with E-state index in [2.05, 4.69) is 20.8 Å². The minimum atomic E-state index is 0.335. The third-order valence-corrected chi connectivity index (χ3v) is 3.31. The lowest BCUT2D eigenvalue weighted by Gasteiger charge is -2.31. The topological polar surface area (TPSA) is 30.9 Å². The van der Waals surface area contributed by atoms with E-state index in [-0.39, 0.29) is 0 Å². The molecule has 0 amide bonds. The number of halogens is 1. The molecule has 1 unspecified atom stereocenters. The number of rotatable bonds is 8. The predicted molar refractivity (Wildman–Crippen MR) is 67.3 cm³/mol. The van der Waals surface area contributed by atoms with Crippen LogP contribution in [-0.2, 0) is 14.2 Å². The second kappa shape index (κ2) is 9.36. The summed E-state index contributed by atoms with van der Waals surface area (Å²) < 4.78 is 16.1. The molecule has 0 saturated carbocycles. The van der Waals surface area contributed by atoms with Crippen LogP contribution in [0.3, 0.4) is 0 Å². The van der Waals surface area contributed by atoms with E-state index in [4.69, 9.17) is 14.2 Å². The number of methoxy groups -OCH3 is 1. The summed E-state index contributed by atoms with van der Waals surface area (Å²) in [5.41, 5.74) is 0. The Bertz CT molecular complexity index is 171. The maximum Gasteiger partial charge on any atom is 0.0799 e. The van der Waals surface area contributed by atoms with Crippen LogP contribution in [0.2, 0.25) is 0 Å². The summed E-state index contributed by atoms with van der Waals surface area (Å²) in [6, 6.07) is 0. The van der Waals surface area contributed by atoms with E-state index in [0.717, 1.165) is 57.8 Å². The molecular weight excluding hydrogens is 274 g/mol. The first-order valence-corrected chi connectivity index (χ1v) is 6.95. The van der Waals surface area contributed by atoms with Gasteiger partial charge in [-0.05, 0) is 6.42 Å². The van der Waals surface area contributed by atoms with Crippen LogP contribution in [-0.4, -0.2) is 69.5 Å². The number of hydrogen-bond acceptors (Lipinski definition) is 4. The normalized spacial score (nSPS) is 22.5. The van der Waals surface area contributed by atoms with Crippen LogP contribution in [0.15, 0.2) is 0 Å². The molecule has 0 aliphatic carbocycles. The van der Waals surface area contributed by atoms with Crippen LogP contribution in [0.25, 0.3) is 0 Å². The number of ether oxygens (including phenoxy) is 3. The van der Waals surface area contributed by atoms with Gasteiger partial charge in [0.2, 0.25) is 0 Å². The zero-order chi connectivity index (χ0) is 11.6. The minimum Gasteiger partial charge on any atom is -0.385 e. The van der Waals surface area contributed by atoms with Gasteiger partial charge in [-0.3, -0.25) is 4.90 Å². The highest BCUT2D eigenvalue weighted by Crippen LogP contribution is 2.06. The zero-order valence-corrected chi connectivity index (χ0v) is 11.6. The fourth-order valence-electron chi connectivity index (χ4n) is 1.68. The number of alkyl halides is 1. The maximum absolute atomic E-state index is 5.57. The average molecular weight is 296 g/mol. The second-order valence-corrected chi connectivity index (χ2v) is 4.55. The summed E-state index contributed by atoms with van der Waals surface area (Å²) in [5, 5.41) is 0.915. The summed E-state index contributed by atoms with van der Waals surface area (Å²) >= 11 is 3.45. The molecule has 1 rings (SSSR count). The van der Waals surface area contributed by atoms with Crippen LogP contribution in [0.1, 0.15) is 6.42 Å². The monoisotopic (exact) mass is 295 g/mol. The van der Waals surface area contributed by atoms with Crippen molar-refractivity contribution in [2.24, 2.45) is 0 Å². The first kappa shape index (κ1) is 14.4. The van der Waals surface area contributed by atoms with Crippen molar-refractivity contribution in [1.29, 1.82) is 0 Å². The van der Waals surface area contributed by atoms with E-state index in [1.54, 1.807) is 7.11 Å². The molecule has 5 heteroatoms. The average Bonchev–Trinajstić information content (AvgIpc) is 2.34. The summed E-state index contributed by atoms with van der Waals surface area (Å²) in [4.78, 5) is 2.39. The van der Waals surface area contributed by atoms with E-state index in [1.165, 1.54) is 0 Å². The molecule has 0 aromatic carbocycles. The van der Waals surface area contributed by atoms with Gasteiger partial charge < -0.3 is 14.2 Å². The van der Waals surface area contributed by atoms with Gasteiger partial charge in [0, 0.05) is 45.3 Å². The highest BCUT2D eigenvalue weighted by atomic mass is 79.9. The molecule has 16 heavy (non-hydrogen) atoms. The molecule has 4 nitrogen and oxygen atoms in total. The van der Waals surface area contributed by atoms with Gasteiger partial charge in [-0.25, -0.2) is 0 Å². The molecular formula is C11H22BrNO3. The molecule has 0 aromatic rings. The first-order chi connectivity index (χ1) is 7.86. The highest BCUT2D eigenvalue weighted by Gasteiger charge is 2.18. The van der Waals surface area contributed by atoms with Gasteiger partial charge in [0.15, 0.2) is 0 Å². The third kappa shape index (κ3) is 6.15. The highest BCUT2D eigenvalue weighted by molar-refractivity contribution is 9.09. The lowest BCUT2D eigenvalue weighted by atomic mass is 10.3. The Labute approximate surface area is 106 Å². The lowest BCUT2D eigenvalue weighted by molar-refractivity contribution is -0.0248. The molecule has 1 aliphatic rings. The van der Waals surface area contributed by atoms with Crippen molar-refractivity contribution in [2.75, 3.05) is 58.5 Å². The zero-order valence-electron chi connectivity index (χ0n) is 9.99. The van der Waals surface area contributed by atoms with Crippen LogP contribution in [0, 0.1) is 0 Å². The molecule has 1 fully saturated rings. The standard InChI is InChI=1S/C11H22BrNO3/c1-14-5-2-6-15-7-3-13-4-8-16-11(9-12)10-13/h11H,2-10H2,1H3. The fraction of sp³-hybridized carbons (Fsp3) is 1.00. The van der Waals surface area contributed by atoms with Crippen molar-refractivity contribution in [2.45, 2.75) is 12.5 Å².